The summed E-state index contributed by atoms with van der Waals surface area (Å²) in [6.07, 6.45) is 9.39. The van der Waals surface area contributed by atoms with E-state index >= 15 is 0 Å². The third kappa shape index (κ3) is 5.41. The second kappa shape index (κ2) is 10.8. The Kier molecular flexibility index (Phi) is 7.37. The van der Waals surface area contributed by atoms with Crippen molar-refractivity contribution >= 4 is 38.7 Å². The fourth-order valence-corrected chi connectivity index (χ4v) is 4.12. The highest BCUT2D eigenvalue weighted by Gasteiger charge is 2.18. The zero-order valence-corrected chi connectivity index (χ0v) is 18.8. The lowest BCUT2D eigenvalue weighted by Gasteiger charge is -2.14. The van der Waals surface area contributed by atoms with E-state index in [0.717, 1.165) is 47.8 Å². The molecule has 0 bridgehead atoms. The molecule has 2 aromatic carbocycles. The lowest BCUT2D eigenvalue weighted by atomic mass is 10.0. The second-order valence-corrected chi connectivity index (χ2v) is 8.21. The number of carbonyl (C=O) groups is 1. The number of aromatic nitrogens is 3. The Balaban J connectivity index is 0.000000170. The Morgan fingerprint density at radius 3 is 2.48 bits per heavy atom. The highest BCUT2D eigenvalue weighted by atomic mass is 16.4. The number of para-hydroxylation sites is 2. The molecule has 0 aliphatic carbocycles. The van der Waals surface area contributed by atoms with Gasteiger partial charge in [0.2, 0.25) is 0 Å². The highest BCUT2D eigenvalue weighted by Crippen LogP contribution is 2.23. The van der Waals surface area contributed by atoms with E-state index in [2.05, 4.69) is 45.4 Å². The number of fused-ring (bicyclic) bond motifs is 4. The molecule has 170 valence electrons. The Morgan fingerprint density at radius 1 is 0.970 bits per heavy atom. The number of nitrogens with zero attached hydrogens (tertiary/aromatic N) is 1. The van der Waals surface area contributed by atoms with Gasteiger partial charge in [0.05, 0.1) is 11.7 Å². The Bertz CT molecular complexity index is 1290. The summed E-state index contributed by atoms with van der Waals surface area (Å²) in [5, 5.41) is 16.1. The minimum Gasteiger partial charge on any atom is -0.480 e. The maximum Gasteiger partial charge on any atom is 0.321 e. The molecule has 5 rings (SSSR count). The van der Waals surface area contributed by atoms with Gasteiger partial charge in [-0.15, -0.1) is 0 Å². The normalized spacial score (nSPS) is 12.0. The summed E-state index contributed by atoms with van der Waals surface area (Å²) in [5.41, 5.74) is 4.38. The van der Waals surface area contributed by atoms with Gasteiger partial charge in [-0.25, -0.2) is 0 Å². The molecule has 1 atom stereocenters. The van der Waals surface area contributed by atoms with Crippen molar-refractivity contribution < 1.29 is 9.90 Å². The van der Waals surface area contributed by atoms with Crippen molar-refractivity contribution in [1.82, 2.24) is 20.3 Å². The molecule has 6 nitrogen and oxygen atoms in total. The summed E-state index contributed by atoms with van der Waals surface area (Å²) in [6.45, 7) is 2.90. The third-order valence-corrected chi connectivity index (χ3v) is 5.88. The van der Waals surface area contributed by atoms with E-state index in [-0.39, 0.29) is 0 Å². The van der Waals surface area contributed by atoms with E-state index in [1.165, 1.54) is 16.3 Å². The first-order chi connectivity index (χ1) is 16.2. The van der Waals surface area contributed by atoms with Crippen molar-refractivity contribution in [2.75, 3.05) is 6.54 Å². The first-order valence-electron chi connectivity index (χ1n) is 11.5. The molecule has 0 saturated carbocycles. The maximum atomic E-state index is 11.4. The summed E-state index contributed by atoms with van der Waals surface area (Å²) in [5.74, 6) is -0.785. The van der Waals surface area contributed by atoms with Crippen LogP contribution in [0, 0.1) is 0 Å². The SMILES string of the molecule is CCCCCNC(Cc1c[nH]c2ccccc12)C(=O)O.c1ccc2c(c1)[nH]c1cnccc12. The van der Waals surface area contributed by atoms with Gasteiger partial charge in [0.1, 0.15) is 6.04 Å². The lowest BCUT2D eigenvalue weighted by molar-refractivity contribution is -0.139. The summed E-state index contributed by atoms with van der Waals surface area (Å²) in [6, 6.07) is 17.8. The number of pyridine rings is 1. The molecule has 0 spiro atoms. The van der Waals surface area contributed by atoms with E-state index in [9.17, 15) is 9.90 Å². The van der Waals surface area contributed by atoms with E-state index < -0.39 is 12.0 Å². The van der Waals surface area contributed by atoms with E-state index in [4.69, 9.17) is 0 Å². The number of aromatic amines is 2. The number of benzene rings is 2. The van der Waals surface area contributed by atoms with Crippen LogP contribution in [0.15, 0.2) is 73.2 Å². The molecule has 5 aromatic rings. The predicted molar refractivity (Wildman–Crippen MR) is 135 cm³/mol. The van der Waals surface area contributed by atoms with Crippen molar-refractivity contribution in [2.45, 2.75) is 38.6 Å². The van der Waals surface area contributed by atoms with Gasteiger partial charge < -0.3 is 20.4 Å². The Morgan fingerprint density at radius 2 is 1.70 bits per heavy atom. The number of hydrogen-bond donors (Lipinski definition) is 4. The van der Waals surface area contributed by atoms with Gasteiger partial charge in [0.25, 0.3) is 0 Å². The molecular formula is C27H30N4O2. The van der Waals surface area contributed by atoms with Crippen LogP contribution in [0.3, 0.4) is 0 Å². The maximum absolute atomic E-state index is 11.4. The average molecular weight is 443 g/mol. The molecule has 3 aromatic heterocycles. The summed E-state index contributed by atoms with van der Waals surface area (Å²) in [7, 11) is 0. The fraction of sp³-hybridized carbons (Fsp3) is 0.259. The molecule has 0 fully saturated rings. The van der Waals surface area contributed by atoms with Gasteiger partial charge in [0, 0.05) is 46.0 Å². The minimum atomic E-state index is -0.785. The van der Waals surface area contributed by atoms with Crippen LogP contribution < -0.4 is 5.32 Å². The Labute approximate surface area is 193 Å². The lowest BCUT2D eigenvalue weighted by Crippen LogP contribution is -2.39. The summed E-state index contributed by atoms with van der Waals surface area (Å²) in [4.78, 5) is 21.9. The van der Waals surface area contributed by atoms with Crippen molar-refractivity contribution in [1.29, 1.82) is 0 Å². The number of aliphatic carboxylic acids is 1. The number of H-pyrrole nitrogens is 2. The minimum absolute atomic E-state index is 0.505. The van der Waals surface area contributed by atoms with Crippen LogP contribution in [0.5, 0.6) is 0 Å². The molecule has 1 unspecified atom stereocenters. The van der Waals surface area contributed by atoms with Gasteiger partial charge in [-0.1, -0.05) is 56.2 Å². The standard InChI is InChI=1S/C16H22N2O2.C11H8N2/c1-2-3-6-9-17-15(16(19)20)10-12-11-18-14-8-5-4-7-13(12)14;1-2-4-10-8(3-1)9-5-6-12-7-11(9)13-10/h4-5,7-8,11,15,17-18H,2-3,6,9-10H2,1H3,(H,19,20);1-7,13H. The van der Waals surface area contributed by atoms with Crippen molar-refractivity contribution in [3.05, 3.63) is 78.8 Å². The van der Waals surface area contributed by atoms with Gasteiger partial charge in [-0.3, -0.25) is 9.78 Å². The largest absolute Gasteiger partial charge is 0.480 e. The molecule has 3 heterocycles. The van der Waals surface area contributed by atoms with Crippen LogP contribution in [0.2, 0.25) is 0 Å². The Hall–Kier alpha value is -3.64. The van der Waals surface area contributed by atoms with Crippen molar-refractivity contribution in [2.24, 2.45) is 0 Å². The quantitative estimate of drug-likeness (QED) is 0.233. The molecule has 0 amide bonds. The van der Waals surface area contributed by atoms with Crippen molar-refractivity contribution in [3.8, 4) is 0 Å². The van der Waals surface area contributed by atoms with Crippen LogP contribution in [0.25, 0.3) is 32.7 Å². The fourth-order valence-electron chi connectivity index (χ4n) is 4.12. The summed E-state index contributed by atoms with van der Waals surface area (Å²) >= 11 is 0. The zero-order valence-electron chi connectivity index (χ0n) is 18.8. The topological polar surface area (TPSA) is 93.8 Å². The van der Waals surface area contributed by atoms with Crippen LogP contribution in [-0.4, -0.2) is 38.6 Å². The number of carboxylic acid groups (broad SMARTS) is 1. The molecule has 0 aliphatic heterocycles. The number of unbranched alkanes of at least 4 members (excludes halogenated alkanes) is 2. The molecule has 4 N–H and O–H groups in total. The number of carboxylic acids is 1. The van der Waals surface area contributed by atoms with Gasteiger partial charge in [-0.05, 0) is 36.7 Å². The van der Waals surface area contributed by atoms with Crippen molar-refractivity contribution in [3.63, 3.8) is 0 Å². The predicted octanol–water partition coefficient (Wildman–Crippen LogP) is 5.66. The van der Waals surface area contributed by atoms with Gasteiger partial charge in [0.15, 0.2) is 0 Å². The second-order valence-electron chi connectivity index (χ2n) is 8.21. The number of nitrogens with one attached hydrogen (secondary N) is 3. The summed E-state index contributed by atoms with van der Waals surface area (Å²) < 4.78 is 0. The first-order valence-corrected chi connectivity index (χ1v) is 11.5. The number of rotatable bonds is 8. The van der Waals surface area contributed by atoms with Gasteiger partial charge >= 0.3 is 5.97 Å². The molecule has 0 aliphatic rings. The zero-order chi connectivity index (χ0) is 23.0. The van der Waals surface area contributed by atoms with Crippen LogP contribution in [0.1, 0.15) is 31.7 Å². The monoisotopic (exact) mass is 442 g/mol. The molecule has 0 radical (unpaired) electrons. The van der Waals surface area contributed by atoms with Crippen LogP contribution in [0.4, 0.5) is 0 Å². The molecule has 33 heavy (non-hydrogen) atoms. The van der Waals surface area contributed by atoms with Crippen LogP contribution >= 0.6 is 0 Å². The van der Waals surface area contributed by atoms with E-state index in [1.807, 2.05) is 55.0 Å². The highest BCUT2D eigenvalue weighted by molar-refractivity contribution is 6.06. The van der Waals surface area contributed by atoms with Gasteiger partial charge in [-0.2, -0.15) is 0 Å². The molecule has 0 saturated heterocycles. The molecular weight excluding hydrogens is 412 g/mol. The average Bonchev–Trinajstić information content (AvgIpc) is 3.43. The molecule has 6 heteroatoms. The first kappa shape index (κ1) is 22.6. The van der Waals surface area contributed by atoms with Crippen LogP contribution in [-0.2, 0) is 11.2 Å². The smallest absolute Gasteiger partial charge is 0.321 e. The number of hydrogen-bond acceptors (Lipinski definition) is 3. The van der Waals surface area contributed by atoms with E-state index in [0.29, 0.717) is 6.42 Å². The van der Waals surface area contributed by atoms with E-state index in [1.54, 1.807) is 0 Å². The third-order valence-electron chi connectivity index (χ3n) is 5.88.